The van der Waals surface area contributed by atoms with Crippen LogP contribution in [-0.2, 0) is 24.7 Å². The van der Waals surface area contributed by atoms with Crippen molar-refractivity contribution in [2.24, 2.45) is 7.05 Å². The number of benzene rings is 2. The first kappa shape index (κ1) is 17.8. The Bertz CT molecular complexity index is 954. The molecule has 0 saturated heterocycles. The topological polar surface area (TPSA) is 51.0 Å². The van der Waals surface area contributed by atoms with Crippen molar-refractivity contribution in [3.8, 4) is 0 Å². The van der Waals surface area contributed by atoms with E-state index in [0.717, 1.165) is 29.5 Å². The van der Waals surface area contributed by atoms with Crippen molar-refractivity contribution >= 4 is 23.4 Å². The fourth-order valence-electron chi connectivity index (χ4n) is 3.54. The number of hydrogen-bond donors (Lipinski definition) is 0. The van der Waals surface area contributed by atoms with Crippen molar-refractivity contribution in [3.05, 3.63) is 71.5 Å². The first-order valence-corrected chi connectivity index (χ1v) is 10.1. The van der Waals surface area contributed by atoms with Crippen LogP contribution in [0.4, 0.5) is 5.69 Å². The average Bonchev–Trinajstić information content (AvgIpc) is 3.20. The summed E-state index contributed by atoms with van der Waals surface area (Å²) >= 11 is 1.45. The van der Waals surface area contributed by atoms with E-state index in [-0.39, 0.29) is 11.9 Å². The summed E-state index contributed by atoms with van der Waals surface area (Å²) < 4.78 is 1.98. The van der Waals surface area contributed by atoms with E-state index in [0.29, 0.717) is 5.75 Å². The monoisotopic (exact) mass is 378 g/mol. The van der Waals surface area contributed by atoms with Gasteiger partial charge in [0, 0.05) is 25.2 Å². The van der Waals surface area contributed by atoms with Crippen LogP contribution in [0.25, 0.3) is 0 Å². The van der Waals surface area contributed by atoms with Crippen molar-refractivity contribution in [2.45, 2.75) is 31.0 Å². The number of thioether (sulfide) groups is 1. The molecule has 138 valence electrons. The Kier molecular flexibility index (Phi) is 4.99. The largest absolute Gasteiger partial charge is 0.309 e. The van der Waals surface area contributed by atoms with Gasteiger partial charge in [-0.1, -0.05) is 60.3 Å². The van der Waals surface area contributed by atoms with Crippen LogP contribution in [0, 0.1) is 0 Å². The minimum absolute atomic E-state index is 0.116. The third-order valence-corrected chi connectivity index (χ3v) is 5.94. The van der Waals surface area contributed by atoms with Crippen LogP contribution in [0.5, 0.6) is 0 Å². The summed E-state index contributed by atoms with van der Waals surface area (Å²) in [6, 6.07) is 18.6. The summed E-state index contributed by atoms with van der Waals surface area (Å²) in [5.74, 6) is 1.37. The number of carbonyl (C=O) groups is 1. The van der Waals surface area contributed by atoms with Gasteiger partial charge in [-0.2, -0.15) is 0 Å². The molecular formula is C21H22N4OS. The maximum atomic E-state index is 12.8. The number of hydrogen-bond acceptors (Lipinski definition) is 4. The van der Waals surface area contributed by atoms with E-state index < -0.39 is 0 Å². The van der Waals surface area contributed by atoms with Crippen LogP contribution in [0.1, 0.15) is 23.9 Å². The van der Waals surface area contributed by atoms with Gasteiger partial charge in [-0.15, -0.1) is 10.2 Å². The van der Waals surface area contributed by atoms with Crippen molar-refractivity contribution in [3.63, 3.8) is 0 Å². The fraction of sp³-hybridized carbons (Fsp3) is 0.286. The van der Waals surface area contributed by atoms with Gasteiger partial charge in [0.1, 0.15) is 5.82 Å². The van der Waals surface area contributed by atoms with Crippen molar-refractivity contribution in [1.29, 1.82) is 0 Å². The standard InChI is InChI=1S/C21H22N4OS/c1-15-12-17-10-6-7-11-18(17)25(15)20(26)14-27-21-23-22-19(24(21)2)13-16-8-4-3-5-9-16/h3-11,15H,12-14H2,1-2H3/t15-/m1/s1. The molecule has 0 unspecified atom stereocenters. The van der Waals surface area contributed by atoms with Gasteiger partial charge in [-0.3, -0.25) is 4.79 Å². The average molecular weight is 379 g/mol. The molecule has 0 spiro atoms. The second-order valence-corrected chi connectivity index (χ2v) is 7.80. The van der Waals surface area contributed by atoms with Gasteiger partial charge in [0.25, 0.3) is 0 Å². The number of para-hydroxylation sites is 1. The zero-order chi connectivity index (χ0) is 18.8. The van der Waals surface area contributed by atoms with E-state index in [1.54, 1.807) is 0 Å². The fourth-order valence-corrected chi connectivity index (χ4v) is 4.33. The molecule has 2 aromatic carbocycles. The van der Waals surface area contributed by atoms with Crippen molar-refractivity contribution < 1.29 is 4.79 Å². The molecule has 5 nitrogen and oxygen atoms in total. The maximum Gasteiger partial charge on any atom is 0.237 e. The molecule has 1 aliphatic heterocycles. The molecule has 1 atom stereocenters. The zero-order valence-corrected chi connectivity index (χ0v) is 16.3. The lowest BCUT2D eigenvalue weighted by atomic mass is 10.1. The first-order valence-electron chi connectivity index (χ1n) is 9.08. The van der Waals surface area contributed by atoms with Gasteiger partial charge in [0.05, 0.1) is 5.75 Å². The summed E-state index contributed by atoms with van der Waals surface area (Å²) in [6.45, 7) is 2.10. The molecule has 6 heteroatoms. The summed E-state index contributed by atoms with van der Waals surface area (Å²) in [5.41, 5.74) is 3.48. The number of rotatable bonds is 5. The van der Waals surface area contributed by atoms with Crippen molar-refractivity contribution in [1.82, 2.24) is 14.8 Å². The third kappa shape index (κ3) is 3.62. The highest BCUT2D eigenvalue weighted by Crippen LogP contribution is 2.32. The molecule has 0 fully saturated rings. The maximum absolute atomic E-state index is 12.8. The molecule has 0 bridgehead atoms. The minimum atomic E-state index is 0.116. The highest BCUT2D eigenvalue weighted by atomic mass is 32.2. The van der Waals surface area contributed by atoms with Gasteiger partial charge in [0.15, 0.2) is 5.16 Å². The van der Waals surface area contributed by atoms with Crippen LogP contribution < -0.4 is 4.90 Å². The molecule has 1 aliphatic rings. The van der Waals surface area contributed by atoms with Gasteiger partial charge >= 0.3 is 0 Å². The quantitative estimate of drug-likeness (QED) is 0.638. The Balaban J connectivity index is 1.43. The minimum Gasteiger partial charge on any atom is -0.309 e. The number of nitrogens with zero attached hydrogens (tertiary/aromatic N) is 4. The smallest absolute Gasteiger partial charge is 0.237 e. The summed E-state index contributed by atoms with van der Waals surface area (Å²) in [5, 5.41) is 9.36. The Hall–Kier alpha value is -2.60. The van der Waals surface area contributed by atoms with Gasteiger partial charge in [0.2, 0.25) is 5.91 Å². The van der Waals surface area contributed by atoms with Gasteiger partial charge in [-0.25, -0.2) is 0 Å². The molecule has 0 N–H and O–H groups in total. The van der Waals surface area contributed by atoms with E-state index in [2.05, 4.69) is 35.3 Å². The van der Waals surface area contributed by atoms with Crippen LogP contribution in [-0.4, -0.2) is 32.5 Å². The number of anilines is 1. The molecule has 0 radical (unpaired) electrons. The first-order chi connectivity index (χ1) is 13.1. The second kappa shape index (κ2) is 7.56. The normalized spacial score (nSPS) is 15.8. The van der Waals surface area contributed by atoms with Crippen LogP contribution >= 0.6 is 11.8 Å². The third-order valence-electron chi connectivity index (χ3n) is 4.93. The predicted octanol–water partition coefficient (Wildman–Crippen LogP) is 3.48. The highest BCUT2D eigenvalue weighted by molar-refractivity contribution is 7.99. The lowest BCUT2D eigenvalue weighted by molar-refractivity contribution is -0.116. The molecule has 0 saturated carbocycles. The lowest BCUT2D eigenvalue weighted by Gasteiger charge is -2.22. The Morgan fingerprint density at radius 1 is 1.11 bits per heavy atom. The number of carbonyl (C=O) groups excluding carboxylic acids is 1. The number of amides is 1. The summed E-state index contributed by atoms with van der Waals surface area (Å²) in [7, 11) is 1.96. The molecule has 0 aliphatic carbocycles. The van der Waals surface area contributed by atoms with E-state index in [9.17, 15) is 4.79 Å². The van der Waals surface area contributed by atoms with Crippen molar-refractivity contribution in [2.75, 3.05) is 10.7 Å². The molecule has 3 aromatic rings. The van der Waals surface area contributed by atoms with Crippen LogP contribution in [0.3, 0.4) is 0 Å². The zero-order valence-electron chi connectivity index (χ0n) is 15.5. The van der Waals surface area contributed by atoms with Gasteiger partial charge < -0.3 is 9.47 Å². The number of fused-ring (bicyclic) bond motifs is 1. The van der Waals surface area contributed by atoms with E-state index in [4.69, 9.17) is 0 Å². The summed E-state index contributed by atoms with van der Waals surface area (Å²) in [4.78, 5) is 14.8. The summed E-state index contributed by atoms with van der Waals surface area (Å²) in [6.07, 6.45) is 1.65. The number of aromatic nitrogens is 3. The molecule has 1 amide bonds. The molecule has 27 heavy (non-hydrogen) atoms. The molecule has 4 rings (SSSR count). The Morgan fingerprint density at radius 3 is 2.67 bits per heavy atom. The molecule has 2 heterocycles. The van der Waals surface area contributed by atoms with Crippen LogP contribution in [0.2, 0.25) is 0 Å². The van der Waals surface area contributed by atoms with Crippen LogP contribution in [0.15, 0.2) is 59.8 Å². The SMILES string of the molecule is C[C@@H]1Cc2ccccc2N1C(=O)CSc1nnc(Cc2ccccc2)n1C. The molecule has 1 aromatic heterocycles. The van der Waals surface area contributed by atoms with E-state index in [1.807, 2.05) is 52.9 Å². The Morgan fingerprint density at radius 2 is 1.85 bits per heavy atom. The Labute approximate surface area is 163 Å². The van der Waals surface area contributed by atoms with Gasteiger partial charge in [-0.05, 0) is 30.5 Å². The lowest BCUT2D eigenvalue weighted by Crippen LogP contribution is -2.37. The van der Waals surface area contributed by atoms with E-state index in [1.165, 1.54) is 22.9 Å². The molecular weight excluding hydrogens is 356 g/mol. The van der Waals surface area contributed by atoms with E-state index >= 15 is 0 Å². The second-order valence-electron chi connectivity index (χ2n) is 6.85. The predicted molar refractivity (Wildman–Crippen MR) is 108 cm³/mol. The highest BCUT2D eigenvalue weighted by Gasteiger charge is 2.30.